The summed E-state index contributed by atoms with van der Waals surface area (Å²) in [5.74, 6) is -2.52. The Morgan fingerprint density at radius 3 is 2.78 bits per heavy atom. The molecule has 7 heteroatoms. The maximum Gasteiger partial charge on any atom is 0.360 e. The highest BCUT2D eigenvalue weighted by Crippen LogP contribution is 2.21. The van der Waals surface area contributed by atoms with Gasteiger partial charge in [0.05, 0.1) is 12.1 Å². The van der Waals surface area contributed by atoms with E-state index < -0.39 is 17.6 Å². The molecule has 1 aromatic carbocycles. The zero-order valence-corrected chi connectivity index (χ0v) is 9.96. The topological polar surface area (TPSA) is 52.1 Å². The summed E-state index contributed by atoms with van der Waals surface area (Å²) in [6.07, 6.45) is 0. The molecule has 0 aliphatic carbocycles. The van der Waals surface area contributed by atoms with Gasteiger partial charge < -0.3 is 4.74 Å². The highest BCUT2D eigenvalue weighted by molar-refractivity contribution is 6.32. The van der Waals surface area contributed by atoms with Crippen LogP contribution in [0.1, 0.15) is 17.4 Å². The van der Waals surface area contributed by atoms with E-state index in [4.69, 9.17) is 16.3 Å². The number of halogens is 3. The molecular formula is C11H7ClF2N2O2. The molecule has 4 nitrogen and oxygen atoms in total. The number of ether oxygens (including phenoxy) is 1. The summed E-state index contributed by atoms with van der Waals surface area (Å²) in [6, 6.07) is 1.63. The van der Waals surface area contributed by atoms with Gasteiger partial charge in [0.25, 0.3) is 0 Å². The third kappa shape index (κ3) is 2.24. The van der Waals surface area contributed by atoms with E-state index in [1.807, 2.05) is 0 Å². The van der Waals surface area contributed by atoms with Gasteiger partial charge >= 0.3 is 5.97 Å². The first-order valence-electron chi connectivity index (χ1n) is 5.02. The van der Waals surface area contributed by atoms with Crippen LogP contribution < -0.4 is 0 Å². The molecule has 0 unspecified atom stereocenters. The smallest absolute Gasteiger partial charge is 0.360 e. The number of esters is 1. The van der Waals surface area contributed by atoms with Gasteiger partial charge in [-0.2, -0.15) is 0 Å². The lowest BCUT2D eigenvalue weighted by Gasteiger charge is -2.05. The minimum absolute atomic E-state index is 0.0643. The average Bonchev–Trinajstić information content (AvgIpc) is 2.27. The van der Waals surface area contributed by atoms with Crippen molar-refractivity contribution in [2.75, 3.05) is 6.61 Å². The maximum absolute atomic E-state index is 13.5. The molecule has 2 aromatic rings. The van der Waals surface area contributed by atoms with Crippen molar-refractivity contribution in [2.24, 2.45) is 0 Å². The second-order valence-corrected chi connectivity index (χ2v) is 3.70. The molecule has 0 aliphatic rings. The summed E-state index contributed by atoms with van der Waals surface area (Å²) in [4.78, 5) is 18.9. The Morgan fingerprint density at radius 1 is 1.39 bits per heavy atom. The fraction of sp³-hybridized carbons (Fsp3) is 0.182. The Balaban J connectivity index is 2.64. The van der Waals surface area contributed by atoms with E-state index in [0.29, 0.717) is 6.07 Å². The van der Waals surface area contributed by atoms with Crippen molar-refractivity contribution >= 4 is 28.6 Å². The van der Waals surface area contributed by atoms with Crippen LogP contribution in [0.4, 0.5) is 8.78 Å². The quantitative estimate of drug-likeness (QED) is 0.789. The normalized spacial score (nSPS) is 10.7. The van der Waals surface area contributed by atoms with Crippen LogP contribution in [0.5, 0.6) is 0 Å². The van der Waals surface area contributed by atoms with Crippen molar-refractivity contribution in [3.8, 4) is 0 Å². The summed E-state index contributed by atoms with van der Waals surface area (Å²) in [5, 5.41) is -0.258. The monoisotopic (exact) mass is 272 g/mol. The van der Waals surface area contributed by atoms with E-state index in [1.165, 1.54) is 0 Å². The Labute approximate surface area is 106 Å². The van der Waals surface area contributed by atoms with Crippen molar-refractivity contribution < 1.29 is 18.3 Å². The van der Waals surface area contributed by atoms with Crippen LogP contribution in [-0.2, 0) is 4.74 Å². The van der Waals surface area contributed by atoms with Crippen molar-refractivity contribution in [3.63, 3.8) is 0 Å². The molecule has 0 fully saturated rings. The molecule has 1 heterocycles. The highest BCUT2D eigenvalue weighted by Gasteiger charge is 2.18. The number of rotatable bonds is 2. The fourth-order valence-corrected chi connectivity index (χ4v) is 1.60. The van der Waals surface area contributed by atoms with Crippen molar-refractivity contribution in [3.05, 3.63) is 34.6 Å². The van der Waals surface area contributed by atoms with E-state index in [2.05, 4.69) is 9.97 Å². The molecule has 0 saturated heterocycles. The number of fused-ring (bicyclic) bond motifs is 1. The molecule has 0 saturated carbocycles. The van der Waals surface area contributed by atoms with Crippen molar-refractivity contribution in [2.45, 2.75) is 6.92 Å². The molecule has 0 radical (unpaired) electrons. The first kappa shape index (κ1) is 12.6. The minimum atomic E-state index is -0.917. The standard InChI is InChI=1S/C11H7ClF2N2O2/c1-2-18-11(17)9-10(12)15-7-4-5(13)3-6(14)8(7)16-9/h3-4H,2H2,1H3. The summed E-state index contributed by atoms with van der Waals surface area (Å²) < 4.78 is 31.1. The third-order valence-electron chi connectivity index (χ3n) is 2.11. The number of nitrogens with zero attached hydrogens (tertiary/aromatic N) is 2. The van der Waals surface area contributed by atoms with E-state index in [-0.39, 0.29) is 28.5 Å². The Hall–Kier alpha value is -1.82. The van der Waals surface area contributed by atoms with Crippen LogP contribution in [0.3, 0.4) is 0 Å². The van der Waals surface area contributed by atoms with Gasteiger partial charge in [0.1, 0.15) is 11.3 Å². The molecular weight excluding hydrogens is 266 g/mol. The Kier molecular flexibility index (Phi) is 3.38. The van der Waals surface area contributed by atoms with E-state index in [1.54, 1.807) is 6.92 Å². The first-order valence-corrected chi connectivity index (χ1v) is 5.40. The molecule has 0 spiro atoms. The third-order valence-corrected chi connectivity index (χ3v) is 2.38. The molecule has 0 N–H and O–H groups in total. The van der Waals surface area contributed by atoms with E-state index in [9.17, 15) is 13.6 Å². The second kappa shape index (κ2) is 4.81. The highest BCUT2D eigenvalue weighted by atomic mass is 35.5. The molecule has 0 aliphatic heterocycles. The van der Waals surface area contributed by atoms with Gasteiger partial charge in [-0.05, 0) is 6.92 Å². The zero-order valence-electron chi connectivity index (χ0n) is 9.21. The molecule has 18 heavy (non-hydrogen) atoms. The Bertz CT molecular complexity index is 634. The van der Waals surface area contributed by atoms with Crippen molar-refractivity contribution in [1.29, 1.82) is 0 Å². The van der Waals surface area contributed by atoms with Crippen molar-refractivity contribution in [1.82, 2.24) is 9.97 Å². The van der Waals surface area contributed by atoms with Gasteiger partial charge in [0.15, 0.2) is 16.7 Å². The second-order valence-electron chi connectivity index (χ2n) is 3.34. The van der Waals surface area contributed by atoms with E-state index >= 15 is 0 Å². The van der Waals surface area contributed by atoms with Gasteiger partial charge in [-0.15, -0.1) is 0 Å². The predicted octanol–water partition coefficient (Wildman–Crippen LogP) is 2.74. The number of aromatic nitrogens is 2. The van der Waals surface area contributed by atoms with Gasteiger partial charge in [0, 0.05) is 12.1 Å². The molecule has 2 rings (SSSR count). The summed E-state index contributed by atoms with van der Waals surface area (Å²) in [7, 11) is 0. The van der Waals surface area contributed by atoms with Crippen LogP contribution in [0.2, 0.25) is 5.15 Å². The lowest BCUT2D eigenvalue weighted by atomic mass is 10.2. The van der Waals surface area contributed by atoms with Crippen LogP contribution in [0.15, 0.2) is 12.1 Å². The predicted molar refractivity (Wildman–Crippen MR) is 60.4 cm³/mol. The Morgan fingerprint density at radius 2 is 2.11 bits per heavy atom. The molecule has 94 valence electrons. The summed E-state index contributed by atoms with van der Waals surface area (Å²) in [6.45, 7) is 1.73. The molecule has 0 bridgehead atoms. The number of carbonyl (C=O) groups is 1. The van der Waals surface area contributed by atoms with Crippen LogP contribution in [0, 0.1) is 11.6 Å². The lowest BCUT2D eigenvalue weighted by Crippen LogP contribution is -2.09. The minimum Gasteiger partial charge on any atom is -0.461 e. The van der Waals surface area contributed by atoms with Crippen LogP contribution in [-0.4, -0.2) is 22.5 Å². The molecule has 0 amide bonds. The van der Waals surface area contributed by atoms with Crippen LogP contribution in [0.25, 0.3) is 11.0 Å². The average molecular weight is 273 g/mol. The molecule has 1 aromatic heterocycles. The maximum atomic E-state index is 13.5. The number of benzene rings is 1. The van der Waals surface area contributed by atoms with Gasteiger partial charge in [0.2, 0.25) is 0 Å². The summed E-state index contributed by atoms with van der Waals surface area (Å²) in [5.41, 5.74) is -0.592. The fourth-order valence-electron chi connectivity index (χ4n) is 1.39. The largest absolute Gasteiger partial charge is 0.461 e. The van der Waals surface area contributed by atoms with E-state index in [0.717, 1.165) is 6.07 Å². The zero-order chi connectivity index (χ0) is 13.3. The van der Waals surface area contributed by atoms with Gasteiger partial charge in [-0.25, -0.2) is 23.5 Å². The molecule has 0 atom stereocenters. The SMILES string of the molecule is CCOC(=O)c1nc2c(F)cc(F)cc2nc1Cl. The summed E-state index contributed by atoms with van der Waals surface area (Å²) >= 11 is 5.72. The lowest BCUT2D eigenvalue weighted by molar-refractivity contribution is 0.0519. The first-order chi connectivity index (χ1) is 8.52. The van der Waals surface area contributed by atoms with Crippen LogP contribution >= 0.6 is 11.6 Å². The van der Waals surface area contributed by atoms with Gasteiger partial charge in [-0.3, -0.25) is 0 Å². The number of hydrogen-bond donors (Lipinski definition) is 0. The van der Waals surface area contributed by atoms with Gasteiger partial charge in [-0.1, -0.05) is 11.6 Å². The number of hydrogen-bond acceptors (Lipinski definition) is 4. The number of carbonyl (C=O) groups excluding carboxylic acids is 1.